The largest absolute Gasteiger partial charge is 0.291 e. The summed E-state index contributed by atoms with van der Waals surface area (Å²) in [5, 5.41) is 0. The average Bonchev–Trinajstić information content (AvgIpc) is 2.78. The van der Waals surface area contributed by atoms with Gasteiger partial charge in [-0.25, -0.2) is 4.39 Å². The molecule has 1 heterocycles. The maximum Gasteiger partial charge on any atom is 0.267 e. The molecule has 1 aliphatic rings. The number of alkyl halides is 1. The molecule has 0 aliphatic carbocycles. The molecule has 1 aromatic carbocycles. The molecule has 112 valence electrons. The highest BCUT2D eigenvalue weighted by molar-refractivity contribution is 7.86. The Labute approximate surface area is 119 Å². The van der Waals surface area contributed by atoms with E-state index in [2.05, 4.69) is 0 Å². The van der Waals surface area contributed by atoms with Crippen molar-refractivity contribution in [3.63, 3.8) is 0 Å². The minimum Gasteiger partial charge on any atom is -0.291 e. The normalized spacial score (nSPS) is 24.1. The van der Waals surface area contributed by atoms with Crippen molar-refractivity contribution >= 4 is 10.1 Å². The topological polar surface area (TPSA) is 46.6 Å². The van der Waals surface area contributed by atoms with Crippen LogP contribution in [0.1, 0.15) is 18.9 Å². The van der Waals surface area contributed by atoms with E-state index < -0.39 is 16.3 Å². The summed E-state index contributed by atoms with van der Waals surface area (Å²) in [7, 11) is -3.47. The van der Waals surface area contributed by atoms with Crippen LogP contribution in [-0.4, -0.2) is 44.4 Å². The van der Waals surface area contributed by atoms with Gasteiger partial charge in [-0.15, -0.1) is 0 Å². The van der Waals surface area contributed by atoms with Gasteiger partial charge in [-0.2, -0.15) is 8.42 Å². The lowest BCUT2D eigenvalue weighted by Crippen LogP contribution is -2.33. The van der Waals surface area contributed by atoms with Crippen molar-refractivity contribution in [1.82, 2.24) is 4.90 Å². The van der Waals surface area contributed by atoms with Crippen molar-refractivity contribution in [3.8, 4) is 0 Å². The molecule has 1 aliphatic heterocycles. The zero-order chi connectivity index (χ0) is 14.6. The Morgan fingerprint density at radius 1 is 1.35 bits per heavy atom. The smallest absolute Gasteiger partial charge is 0.267 e. The van der Waals surface area contributed by atoms with Crippen LogP contribution in [0.3, 0.4) is 0 Å². The standard InChI is InChI=1S/C14H20FNO3S/c1-2-20(17,18)19-11-14-8-13(15)10-16(14)9-12-6-4-3-5-7-12/h3-7,13-14H,2,8-11H2,1H3/t13-,14+/m1/s1. The summed E-state index contributed by atoms with van der Waals surface area (Å²) in [5.41, 5.74) is 1.09. The molecule has 0 unspecified atom stereocenters. The van der Waals surface area contributed by atoms with Crippen molar-refractivity contribution in [2.45, 2.75) is 32.1 Å². The molecule has 1 fully saturated rings. The van der Waals surface area contributed by atoms with Crippen LogP contribution in [0.2, 0.25) is 0 Å². The molecule has 0 aromatic heterocycles. The fourth-order valence-electron chi connectivity index (χ4n) is 2.37. The van der Waals surface area contributed by atoms with E-state index in [1.165, 1.54) is 6.92 Å². The van der Waals surface area contributed by atoms with Crippen LogP contribution >= 0.6 is 0 Å². The van der Waals surface area contributed by atoms with Gasteiger partial charge in [-0.1, -0.05) is 30.3 Å². The Balaban J connectivity index is 1.96. The quantitative estimate of drug-likeness (QED) is 0.754. The van der Waals surface area contributed by atoms with Crippen molar-refractivity contribution in [1.29, 1.82) is 0 Å². The molecule has 0 radical (unpaired) electrons. The van der Waals surface area contributed by atoms with Crippen LogP contribution < -0.4 is 0 Å². The first-order chi connectivity index (χ1) is 9.50. The minimum absolute atomic E-state index is 0.0312. The van der Waals surface area contributed by atoms with Gasteiger partial charge in [-0.3, -0.25) is 9.08 Å². The number of nitrogens with zero attached hydrogens (tertiary/aromatic N) is 1. The number of halogens is 1. The second-order valence-corrected chi connectivity index (χ2v) is 6.96. The predicted octanol–water partition coefficient (Wildman–Crippen LogP) is 1.97. The van der Waals surface area contributed by atoms with E-state index in [9.17, 15) is 12.8 Å². The second kappa shape index (κ2) is 6.65. The molecule has 0 spiro atoms. The van der Waals surface area contributed by atoms with Gasteiger partial charge in [0.1, 0.15) is 6.17 Å². The molecule has 0 saturated carbocycles. The third-order valence-electron chi connectivity index (χ3n) is 3.50. The summed E-state index contributed by atoms with van der Waals surface area (Å²) in [5.74, 6) is -0.0581. The first kappa shape index (κ1) is 15.4. The molecule has 1 saturated heterocycles. The molecule has 2 atom stereocenters. The molecule has 1 aromatic rings. The van der Waals surface area contributed by atoms with Crippen molar-refractivity contribution < 1.29 is 17.0 Å². The Morgan fingerprint density at radius 3 is 2.70 bits per heavy atom. The van der Waals surface area contributed by atoms with Gasteiger partial charge in [0.25, 0.3) is 10.1 Å². The van der Waals surface area contributed by atoms with Gasteiger partial charge in [0.05, 0.1) is 12.4 Å². The van der Waals surface area contributed by atoms with Crippen molar-refractivity contribution in [2.24, 2.45) is 0 Å². The SMILES string of the molecule is CCS(=O)(=O)OC[C@@H]1C[C@@H](F)CN1Cc1ccccc1. The van der Waals surface area contributed by atoms with Gasteiger partial charge < -0.3 is 0 Å². The number of rotatable bonds is 6. The van der Waals surface area contributed by atoms with Gasteiger partial charge in [0.2, 0.25) is 0 Å². The molecule has 0 bridgehead atoms. The zero-order valence-electron chi connectivity index (χ0n) is 11.5. The lowest BCUT2D eigenvalue weighted by Gasteiger charge is -2.23. The molecular formula is C14H20FNO3S. The zero-order valence-corrected chi connectivity index (χ0v) is 12.4. The third kappa shape index (κ3) is 4.26. The molecule has 4 nitrogen and oxygen atoms in total. The van der Waals surface area contributed by atoms with Crippen LogP contribution in [-0.2, 0) is 20.8 Å². The highest BCUT2D eigenvalue weighted by atomic mass is 32.2. The van der Waals surface area contributed by atoms with Gasteiger partial charge in [0.15, 0.2) is 0 Å². The number of benzene rings is 1. The number of hydrogen-bond donors (Lipinski definition) is 0. The summed E-state index contributed by atoms with van der Waals surface area (Å²) < 4.78 is 41.3. The summed E-state index contributed by atoms with van der Waals surface area (Å²) in [6.07, 6.45) is -0.594. The fourth-order valence-corrected chi connectivity index (χ4v) is 2.90. The number of likely N-dealkylation sites (tertiary alicyclic amines) is 1. The van der Waals surface area contributed by atoms with Crippen LogP contribution in [0, 0.1) is 0 Å². The molecule has 6 heteroatoms. The van der Waals surface area contributed by atoms with E-state index in [1.54, 1.807) is 0 Å². The first-order valence-electron chi connectivity index (χ1n) is 6.79. The first-order valence-corrected chi connectivity index (χ1v) is 8.37. The van der Waals surface area contributed by atoms with E-state index in [0.717, 1.165) is 5.56 Å². The monoisotopic (exact) mass is 301 g/mol. The van der Waals surface area contributed by atoms with E-state index in [0.29, 0.717) is 19.5 Å². The molecule has 0 amide bonds. The Bertz CT molecular complexity index is 520. The second-order valence-electron chi connectivity index (χ2n) is 5.03. The molecular weight excluding hydrogens is 281 g/mol. The number of hydrogen-bond acceptors (Lipinski definition) is 4. The van der Waals surface area contributed by atoms with Crippen molar-refractivity contribution in [3.05, 3.63) is 35.9 Å². The molecule has 2 rings (SSSR count). The van der Waals surface area contributed by atoms with E-state index in [4.69, 9.17) is 4.18 Å². The molecule has 20 heavy (non-hydrogen) atoms. The molecule has 0 N–H and O–H groups in total. The maximum atomic E-state index is 13.6. The van der Waals surface area contributed by atoms with E-state index >= 15 is 0 Å². The van der Waals surface area contributed by atoms with E-state index in [-0.39, 0.29) is 18.4 Å². The highest BCUT2D eigenvalue weighted by Gasteiger charge is 2.33. The fraction of sp³-hybridized carbons (Fsp3) is 0.571. The maximum absolute atomic E-state index is 13.6. The Kier molecular flexibility index (Phi) is 5.12. The third-order valence-corrected chi connectivity index (χ3v) is 4.70. The van der Waals surface area contributed by atoms with Crippen LogP contribution in [0.5, 0.6) is 0 Å². The summed E-state index contributed by atoms with van der Waals surface area (Å²) in [6.45, 7) is 2.50. The van der Waals surface area contributed by atoms with Gasteiger partial charge in [0, 0.05) is 19.1 Å². The Hall–Kier alpha value is -0.980. The summed E-state index contributed by atoms with van der Waals surface area (Å²) in [6, 6.07) is 9.57. The summed E-state index contributed by atoms with van der Waals surface area (Å²) >= 11 is 0. The lowest BCUT2D eigenvalue weighted by atomic mass is 10.2. The highest BCUT2D eigenvalue weighted by Crippen LogP contribution is 2.23. The average molecular weight is 301 g/mol. The van der Waals surface area contributed by atoms with Crippen LogP contribution in [0.25, 0.3) is 0 Å². The predicted molar refractivity (Wildman–Crippen MR) is 75.6 cm³/mol. The van der Waals surface area contributed by atoms with Crippen molar-refractivity contribution in [2.75, 3.05) is 18.9 Å². The van der Waals surface area contributed by atoms with Crippen LogP contribution in [0.15, 0.2) is 30.3 Å². The Morgan fingerprint density at radius 2 is 2.05 bits per heavy atom. The van der Waals surface area contributed by atoms with E-state index in [1.807, 2.05) is 35.2 Å². The minimum atomic E-state index is -3.47. The van der Waals surface area contributed by atoms with Gasteiger partial charge >= 0.3 is 0 Å². The van der Waals surface area contributed by atoms with Crippen LogP contribution in [0.4, 0.5) is 4.39 Å². The van der Waals surface area contributed by atoms with Gasteiger partial charge in [-0.05, 0) is 18.9 Å². The summed E-state index contributed by atoms with van der Waals surface area (Å²) in [4.78, 5) is 1.95. The lowest BCUT2D eigenvalue weighted by molar-refractivity contribution is 0.170.